The Morgan fingerprint density at radius 3 is 2.50 bits per heavy atom. The third-order valence-electron chi connectivity index (χ3n) is 8.31. The number of ether oxygens (including phenoxy) is 1. The Balaban J connectivity index is 1.32. The molecule has 8 nitrogen and oxygen atoms in total. The first-order valence-corrected chi connectivity index (χ1v) is 16.3. The highest BCUT2D eigenvalue weighted by Gasteiger charge is 2.36. The standard InChI is InChI=1S/C30H44N4O4S2/c1-22(35)38-19-28(36)34-21-40-20-27(34)29(37)32-26(13-12-23-8-4-2-5-9-23)30(39)31-25-14-16-33(17-15-25)18-24-10-6-3-7-11-24/h3,6-7,10-11,23,25-27H,2,4-5,8-9,12-21H2,1H3,(H,31,39)(H,32,37)/t26-,27+/m1/s1. The van der Waals surface area contributed by atoms with E-state index in [1.54, 1.807) is 0 Å². The Kier molecular flexibility index (Phi) is 12.1. The van der Waals surface area contributed by atoms with Crippen LogP contribution < -0.4 is 10.6 Å². The summed E-state index contributed by atoms with van der Waals surface area (Å²) in [4.78, 5) is 42.0. The van der Waals surface area contributed by atoms with Crippen molar-refractivity contribution in [3.05, 3.63) is 35.9 Å². The first-order chi connectivity index (χ1) is 19.4. The predicted molar refractivity (Wildman–Crippen MR) is 163 cm³/mol. The number of carbonyl (C=O) groups is 3. The number of thioether (sulfide) groups is 1. The molecule has 0 radical (unpaired) electrons. The van der Waals surface area contributed by atoms with Crippen molar-refractivity contribution in [2.45, 2.75) is 89.4 Å². The molecule has 2 heterocycles. The Morgan fingerprint density at radius 1 is 1.07 bits per heavy atom. The lowest BCUT2D eigenvalue weighted by Crippen LogP contribution is -2.55. The molecule has 220 valence electrons. The summed E-state index contributed by atoms with van der Waals surface area (Å²) in [5, 5.41) is 6.81. The van der Waals surface area contributed by atoms with Gasteiger partial charge in [0, 0.05) is 38.4 Å². The number of benzene rings is 1. The number of hydrogen-bond acceptors (Lipinski definition) is 7. The zero-order valence-corrected chi connectivity index (χ0v) is 25.3. The maximum atomic E-state index is 13.5. The molecule has 3 aliphatic rings. The SMILES string of the molecule is CC(=O)OCC(=O)N1CSC[C@H]1C(=O)N[C@H](CCC1CCCCC1)C(=S)NC1CCN(Cc2ccccc2)CC1. The van der Waals surface area contributed by atoms with Crippen LogP contribution in [-0.4, -0.2) is 82.0 Å². The summed E-state index contributed by atoms with van der Waals surface area (Å²) in [5.74, 6) is 0.577. The maximum Gasteiger partial charge on any atom is 0.303 e. The summed E-state index contributed by atoms with van der Waals surface area (Å²) in [5.41, 5.74) is 1.33. The van der Waals surface area contributed by atoms with Crippen molar-refractivity contribution in [1.82, 2.24) is 20.4 Å². The third-order valence-corrected chi connectivity index (χ3v) is 9.72. The molecule has 0 spiro atoms. The van der Waals surface area contributed by atoms with E-state index in [0.717, 1.165) is 45.3 Å². The van der Waals surface area contributed by atoms with Gasteiger partial charge in [-0.05, 0) is 37.2 Å². The molecule has 40 heavy (non-hydrogen) atoms. The molecule has 3 fully saturated rings. The molecule has 2 atom stereocenters. The number of thiocarbonyl (C=S) groups is 1. The topological polar surface area (TPSA) is 91.0 Å². The highest BCUT2D eigenvalue weighted by molar-refractivity contribution is 7.99. The molecule has 4 rings (SSSR count). The van der Waals surface area contributed by atoms with E-state index in [9.17, 15) is 14.4 Å². The van der Waals surface area contributed by atoms with Crippen molar-refractivity contribution in [1.29, 1.82) is 0 Å². The molecule has 1 aromatic rings. The summed E-state index contributed by atoms with van der Waals surface area (Å²) in [7, 11) is 0. The quantitative estimate of drug-likeness (QED) is 0.297. The molecule has 0 unspecified atom stereocenters. The molecule has 2 saturated heterocycles. The van der Waals surface area contributed by atoms with Gasteiger partial charge < -0.3 is 20.3 Å². The van der Waals surface area contributed by atoms with Crippen molar-refractivity contribution in [2.24, 2.45) is 5.92 Å². The third kappa shape index (κ3) is 9.45. The number of likely N-dealkylation sites (tertiary alicyclic amines) is 1. The van der Waals surface area contributed by atoms with Gasteiger partial charge in [-0.15, -0.1) is 11.8 Å². The first-order valence-electron chi connectivity index (χ1n) is 14.8. The van der Waals surface area contributed by atoms with E-state index in [-0.39, 0.29) is 30.5 Å². The van der Waals surface area contributed by atoms with Gasteiger partial charge in [0.15, 0.2) is 6.61 Å². The molecular formula is C30H44N4O4S2. The van der Waals surface area contributed by atoms with Gasteiger partial charge in [0.05, 0.1) is 16.9 Å². The summed E-state index contributed by atoms with van der Waals surface area (Å²) in [6, 6.07) is 10.0. The van der Waals surface area contributed by atoms with Crippen LogP contribution in [0, 0.1) is 5.92 Å². The Labute approximate surface area is 248 Å². The second-order valence-electron chi connectivity index (χ2n) is 11.3. The molecule has 2 aliphatic heterocycles. The largest absolute Gasteiger partial charge is 0.456 e. The summed E-state index contributed by atoms with van der Waals surface area (Å²) >= 11 is 7.45. The van der Waals surface area contributed by atoms with Crippen LogP contribution in [0.3, 0.4) is 0 Å². The zero-order valence-electron chi connectivity index (χ0n) is 23.6. The van der Waals surface area contributed by atoms with Crippen LogP contribution in [0.2, 0.25) is 0 Å². The van der Waals surface area contributed by atoms with Crippen molar-refractivity contribution in [3.63, 3.8) is 0 Å². The van der Waals surface area contributed by atoms with Crippen LogP contribution in [0.1, 0.15) is 70.3 Å². The number of amides is 2. The number of hydrogen-bond donors (Lipinski definition) is 2. The molecule has 10 heteroatoms. The second kappa shape index (κ2) is 15.7. The molecule has 0 bridgehead atoms. The van der Waals surface area contributed by atoms with Crippen LogP contribution in [0.25, 0.3) is 0 Å². The average molecular weight is 589 g/mol. The van der Waals surface area contributed by atoms with E-state index in [1.807, 2.05) is 6.07 Å². The van der Waals surface area contributed by atoms with E-state index in [1.165, 1.54) is 61.3 Å². The van der Waals surface area contributed by atoms with Gasteiger partial charge >= 0.3 is 5.97 Å². The van der Waals surface area contributed by atoms with E-state index in [0.29, 0.717) is 22.5 Å². The molecular weight excluding hydrogens is 544 g/mol. The number of piperidine rings is 1. The second-order valence-corrected chi connectivity index (χ2v) is 12.8. The fraction of sp³-hybridized carbons (Fsp3) is 0.667. The van der Waals surface area contributed by atoms with Crippen molar-refractivity contribution in [2.75, 3.05) is 31.3 Å². The minimum atomic E-state index is -0.589. The highest BCUT2D eigenvalue weighted by Crippen LogP contribution is 2.28. The summed E-state index contributed by atoms with van der Waals surface area (Å²) < 4.78 is 4.89. The van der Waals surface area contributed by atoms with Crippen LogP contribution in [-0.2, 0) is 25.7 Å². The van der Waals surface area contributed by atoms with Crippen LogP contribution in [0.5, 0.6) is 0 Å². The zero-order chi connectivity index (χ0) is 28.3. The fourth-order valence-corrected chi connectivity index (χ4v) is 7.47. The van der Waals surface area contributed by atoms with Gasteiger partial charge in [0.2, 0.25) is 5.91 Å². The Morgan fingerprint density at radius 2 is 1.80 bits per heavy atom. The Hall–Kier alpha value is -2.17. The number of nitrogens with zero attached hydrogens (tertiary/aromatic N) is 2. The van der Waals surface area contributed by atoms with Gasteiger partial charge in [-0.3, -0.25) is 19.3 Å². The van der Waals surface area contributed by atoms with Crippen molar-refractivity contribution < 1.29 is 19.1 Å². The predicted octanol–water partition coefficient (Wildman–Crippen LogP) is 3.88. The molecule has 1 aliphatic carbocycles. The number of nitrogens with one attached hydrogen (secondary N) is 2. The van der Waals surface area contributed by atoms with Crippen molar-refractivity contribution in [3.8, 4) is 0 Å². The molecule has 2 amide bonds. The minimum absolute atomic E-state index is 0.184. The normalized spacial score (nSPS) is 21.5. The summed E-state index contributed by atoms with van der Waals surface area (Å²) in [6.07, 6.45) is 10.2. The molecule has 1 saturated carbocycles. The highest BCUT2D eigenvalue weighted by atomic mass is 32.2. The molecule has 1 aromatic carbocycles. The monoisotopic (exact) mass is 588 g/mol. The lowest BCUT2D eigenvalue weighted by atomic mass is 9.85. The van der Waals surface area contributed by atoms with Gasteiger partial charge in [-0.25, -0.2) is 0 Å². The van der Waals surface area contributed by atoms with E-state index in [4.69, 9.17) is 17.0 Å². The number of rotatable bonds is 11. The lowest BCUT2D eigenvalue weighted by Gasteiger charge is -2.34. The van der Waals surface area contributed by atoms with Crippen molar-refractivity contribution >= 4 is 46.8 Å². The number of carbonyl (C=O) groups excluding carboxylic acids is 3. The van der Waals surface area contributed by atoms with Gasteiger partial charge in [-0.2, -0.15) is 0 Å². The lowest BCUT2D eigenvalue weighted by molar-refractivity contribution is -0.151. The molecule has 2 N–H and O–H groups in total. The van der Waals surface area contributed by atoms with Gasteiger partial charge in [0.25, 0.3) is 5.91 Å². The summed E-state index contributed by atoms with van der Waals surface area (Å²) in [6.45, 7) is 3.91. The smallest absolute Gasteiger partial charge is 0.303 e. The van der Waals surface area contributed by atoms with Crippen LogP contribution >= 0.6 is 24.0 Å². The van der Waals surface area contributed by atoms with Gasteiger partial charge in [-0.1, -0.05) is 74.7 Å². The van der Waals surface area contributed by atoms with Crippen LogP contribution in [0.4, 0.5) is 0 Å². The first kappa shape index (κ1) is 30.8. The Bertz CT molecular complexity index is 997. The fourth-order valence-electron chi connectivity index (χ4n) is 5.95. The average Bonchev–Trinajstić information content (AvgIpc) is 3.46. The van der Waals surface area contributed by atoms with E-state index >= 15 is 0 Å². The number of esters is 1. The maximum absolute atomic E-state index is 13.5. The van der Waals surface area contributed by atoms with E-state index < -0.39 is 12.0 Å². The van der Waals surface area contributed by atoms with Gasteiger partial charge in [0.1, 0.15) is 6.04 Å². The van der Waals surface area contributed by atoms with E-state index in [2.05, 4.69) is 39.8 Å². The molecule has 0 aromatic heterocycles. The van der Waals surface area contributed by atoms with Crippen LogP contribution in [0.15, 0.2) is 30.3 Å². The minimum Gasteiger partial charge on any atom is -0.456 e.